The Morgan fingerprint density at radius 3 is 2.65 bits per heavy atom. The van der Waals surface area contributed by atoms with Gasteiger partial charge >= 0.3 is 5.97 Å². The number of likely N-dealkylation sites (tertiary alicyclic amines) is 2. The number of nitrogens with zero attached hydrogens (tertiary/aromatic N) is 2. The minimum Gasteiger partial charge on any atom is -0.481 e. The van der Waals surface area contributed by atoms with Crippen molar-refractivity contribution in [2.75, 3.05) is 33.2 Å². The van der Waals surface area contributed by atoms with Crippen LogP contribution in [0, 0.1) is 11.3 Å². The summed E-state index contributed by atoms with van der Waals surface area (Å²) in [5, 5.41) is 11.0. The molecular formula is C17H22Cl2N2O2. The van der Waals surface area contributed by atoms with E-state index in [1.165, 1.54) is 0 Å². The zero-order valence-electron chi connectivity index (χ0n) is 13.3. The van der Waals surface area contributed by atoms with Gasteiger partial charge in [-0.1, -0.05) is 29.3 Å². The minimum absolute atomic E-state index is 0.1000. The van der Waals surface area contributed by atoms with E-state index in [1.54, 1.807) is 6.07 Å². The van der Waals surface area contributed by atoms with Gasteiger partial charge in [0.1, 0.15) is 0 Å². The lowest BCUT2D eigenvalue weighted by Crippen LogP contribution is -2.44. The predicted molar refractivity (Wildman–Crippen MR) is 92.0 cm³/mol. The van der Waals surface area contributed by atoms with Gasteiger partial charge in [-0.05, 0) is 50.7 Å². The normalized spacial score (nSPS) is 25.1. The summed E-state index contributed by atoms with van der Waals surface area (Å²) < 4.78 is 0. The third-order valence-corrected chi connectivity index (χ3v) is 6.00. The van der Waals surface area contributed by atoms with Crippen LogP contribution in [0.5, 0.6) is 0 Å². The van der Waals surface area contributed by atoms with Crippen LogP contribution >= 0.6 is 23.2 Å². The van der Waals surface area contributed by atoms with Gasteiger partial charge in [0.05, 0.1) is 5.92 Å². The molecule has 4 nitrogen and oxygen atoms in total. The fourth-order valence-electron chi connectivity index (χ4n) is 3.99. The van der Waals surface area contributed by atoms with Gasteiger partial charge in [0.2, 0.25) is 0 Å². The highest BCUT2D eigenvalue weighted by atomic mass is 35.5. The fraction of sp³-hybridized carbons (Fsp3) is 0.588. The van der Waals surface area contributed by atoms with E-state index in [9.17, 15) is 9.90 Å². The summed E-state index contributed by atoms with van der Waals surface area (Å²) >= 11 is 12.2. The Morgan fingerprint density at radius 1 is 1.35 bits per heavy atom. The zero-order chi connectivity index (χ0) is 16.6. The van der Waals surface area contributed by atoms with E-state index < -0.39 is 5.97 Å². The van der Waals surface area contributed by atoms with Crippen molar-refractivity contribution in [1.82, 2.24) is 9.80 Å². The number of hydrogen-bond donors (Lipinski definition) is 1. The average molecular weight is 357 g/mol. The summed E-state index contributed by atoms with van der Waals surface area (Å²) in [4.78, 5) is 16.3. The number of rotatable bonds is 3. The first-order valence-electron chi connectivity index (χ1n) is 7.97. The Labute approximate surface area is 147 Å². The molecule has 0 unspecified atom stereocenters. The Hall–Kier alpha value is -0.810. The summed E-state index contributed by atoms with van der Waals surface area (Å²) in [7, 11) is 2.10. The van der Waals surface area contributed by atoms with Crippen molar-refractivity contribution in [2.24, 2.45) is 11.3 Å². The smallest absolute Gasteiger partial charge is 0.308 e. The van der Waals surface area contributed by atoms with Crippen molar-refractivity contribution in [3.63, 3.8) is 0 Å². The number of hydrogen-bond acceptors (Lipinski definition) is 3. The number of halogens is 2. The molecule has 6 heteroatoms. The second kappa shape index (κ2) is 6.60. The quantitative estimate of drug-likeness (QED) is 0.902. The van der Waals surface area contributed by atoms with Crippen molar-refractivity contribution in [3.8, 4) is 0 Å². The molecular weight excluding hydrogens is 335 g/mol. The minimum atomic E-state index is -0.667. The second-order valence-corrected chi connectivity index (χ2v) is 7.81. The molecule has 2 fully saturated rings. The standard InChI is InChI=1S/C17H22Cl2N2O2/c1-20-6-4-17(5-7-20)11-21(10-14(17)16(22)23)9-12-2-3-13(18)8-15(12)19/h2-3,8,14H,4-7,9-11H2,1H3,(H,22,23)/t14-/m0/s1. The highest BCUT2D eigenvalue weighted by Gasteiger charge is 2.50. The number of carboxylic acids is 1. The molecule has 23 heavy (non-hydrogen) atoms. The van der Waals surface area contributed by atoms with Crippen LogP contribution in [0.25, 0.3) is 0 Å². The van der Waals surface area contributed by atoms with Crippen LogP contribution in [0.4, 0.5) is 0 Å². The highest BCUT2D eigenvalue weighted by molar-refractivity contribution is 6.35. The van der Waals surface area contributed by atoms with Crippen molar-refractivity contribution in [1.29, 1.82) is 0 Å². The van der Waals surface area contributed by atoms with Gasteiger partial charge in [0, 0.05) is 35.1 Å². The molecule has 3 rings (SSSR count). The Kier molecular flexibility index (Phi) is 4.88. The van der Waals surface area contributed by atoms with Gasteiger partial charge in [-0.2, -0.15) is 0 Å². The number of piperidine rings is 1. The van der Waals surface area contributed by atoms with E-state index in [0.717, 1.165) is 38.0 Å². The lowest BCUT2D eigenvalue weighted by Gasteiger charge is -2.40. The van der Waals surface area contributed by atoms with Gasteiger partial charge in [-0.3, -0.25) is 9.69 Å². The summed E-state index contributed by atoms with van der Waals surface area (Å²) in [6.07, 6.45) is 1.90. The summed E-state index contributed by atoms with van der Waals surface area (Å²) in [6.45, 7) is 4.05. The van der Waals surface area contributed by atoms with Gasteiger partial charge in [-0.25, -0.2) is 0 Å². The summed E-state index contributed by atoms with van der Waals surface area (Å²) in [5.74, 6) is -0.957. The van der Waals surface area contributed by atoms with E-state index in [-0.39, 0.29) is 11.3 Å². The number of aliphatic carboxylic acids is 1. The van der Waals surface area contributed by atoms with Crippen molar-refractivity contribution in [3.05, 3.63) is 33.8 Å². The van der Waals surface area contributed by atoms with Gasteiger partial charge < -0.3 is 10.0 Å². The molecule has 126 valence electrons. The SMILES string of the molecule is CN1CCC2(CC1)CN(Cc1ccc(Cl)cc1Cl)C[C@H]2C(=O)O. The van der Waals surface area contributed by atoms with Crippen molar-refractivity contribution >= 4 is 29.2 Å². The molecule has 0 aromatic heterocycles. The predicted octanol–water partition coefficient (Wildman–Crippen LogP) is 3.22. The highest BCUT2D eigenvalue weighted by Crippen LogP contribution is 2.45. The van der Waals surface area contributed by atoms with Crippen LogP contribution in [0.3, 0.4) is 0 Å². The van der Waals surface area contributed by atoms with Crippen LogP contribution in [0.1, 0.15) is 18.4 Å². The molecule has 0 aliphatic carbocycles. The molecule has 1 spiro atoms. The molecule has 1 N–H and O–H groups in total. The monoisotopic (exact) mass is 356 g/mol. The fourth-order valence-corrected chi connectivity index (χ4v) is 4.46. The molecule has 0 amide bonds. The van der Waals surface area contributed by atoms with E-state index in [1.807, 2.05) is 12.1 Å². The van der Waals surface area contributed by atoms with Gasteiger partial charge in [0.25, 0.3) is 0 Å². The van der Waals surface area contributed by atoms with E-state index in [0.29, 0.717) is 23.1 Å². The maximum Gasteiger partial charge on any atom is 0.308 e. The van der Waals surface area contributed by atoms with Crippen molar-refractivity contribution in [2.45, 2.75) is 19.4 Å². The summed E-state index contributed by atoms with van der Waals surface area (Å²) in [6, 6.07) is 5.51. The first-order chi connectivity index (χ1) is 10.9. The number of carboxylic acid groups (broad SMARTS) is 1. The van der Waals surface area contributed by atoms with Crippen molar-refractivity contribution < 1.29 is 9.90 Å². The largest absolute Gasteiger partial charge is 0.481 e. The third kappa shape index (κ3) is 3.50. The maximum absolute atomic E-state index is 11.8. The summed E-state index contributed by atoms with van der Waals surface area (Å²) in [5.41, 5.74) is 0.905. The van der Waals surface area contributed by atoms with Crippen LogP contribution in [-0.2, 0) is 11.3 Å². The molecule has 1 aromatic rings. The Balaban J connectivity index is 1.76. The van der Waals surface area contributed by atoms with Gasteiger partial charge in [0.15, 0.2) is 0 Å². The molecule has 0 radical (unpaired) electrons. The molecule has 2 saturated heterocycles. The molecule has 2 aliphatic heterocycles. The maximum atomic E-state index is 11.8. The Morgan fingerprint density at radius 2 is 2.04 bits per heavy atom. The molecule has 1 atom stereocenters. The molecule has 0 saturated carbocycles. The van der Waals surface area contributed by atoms with Gasteiger partial charge in [-0.15, -0.1) is 0 Å². The first-order valence-corrected chi connectivity index (χ1v) is 8.73. The van der Waals surface area contributed by atoms with Crippen LogP contribution in [0.15, 0.2) is 18.2 Å². The van der Waals surface area contributed by atoms with Crippen LogP contribution in [-0.4, -0.2) is 54.1 Å². The molecule has 1 aromatic carbocycles. The molecule has 2 heterocycles. The van der Waals surface area contributed by atoms with E-state index in [4.69, 9.17) is 23.2 Å². The lowest BCUT2D eigenvalue weighted by atomic mass is 9.71. The first kappa shape index (κ1) is 17.0. The lowest BCUT2D eigenvalue weighted by molar-refractivity contribution is -0.145. The molecule has 2 aliphatic rings. The van der Waals surface area contributed by atoms with Crippen LogP contribution < -0.4 is 0 Å². The van der Waals surface area contributed by atoms with Crippen LogP contribution in [0.2, 0.25) is 10.0 Å². The number of benzene rings is 1. The average Bonchev–Trinajstić information content (AvgIpc) is 2.84. The molecule has 0 bridgehead atoms. The third-order valence-electron chi connectivity index (χ3n) is 5.41. The second-order valence-electron chi connectivity index (χ2n) is 6.96. The topological polar surface area (TPSA) is 43.8 Å². The Bertz CT molecular complexity index is 600. The van der Waals surface area contributed by atoms with E-state index in [2.05, 4.69) is 16.8 Å². The number of carbonyl (C=O) groups is 1. The van der Waals surface area contributed by atoms with E-state index >= 15 is 0 Å². The zero-order valence-corrected chi connectivity index (χ0v) is 14.8.